The van der Waals surface area contributed by atoms with Crippen molar-refractivity contribution in [1.82, 2.24) is 29.8 Å². The second-order valence-corrected chi connectivity index (χ2v) is 6.06. The highest BCUT2D eigenvalue weighted by atomic mass is 16.1. The molecule has 4 rings (SSSR count). The smallest absolute Gasteiger partial charge is 0.220 e. The number of fused-ring (bicyclic) bond motifs is 1. The highest BCUT2D eigenvalue weighted by Gasteiger charge is 2.11. The number of benzene rings is 1. The van der Waals surface area contributed by atoms with E-state index >= 15 is 0 Å². The average Bonchev–Trinajstić information content (AvgIpc) is 3.16. The van der Waals surface area contributed by atoms with Crippen LogP contribution in [0.1, 0.15) is 17.7 Å². The van der Waals surface area contributed by atoms with Gasteiger partial charge in [-0.2, -0.15) is 0 Å². The molecule has 0 atom stereocenters. The van der Waals surface area contributed by atoms with Crippen LogP contribution in [0.4, 0.5) is 0 Å². The Balaban J connectivity index is 1.46. The predicted molar refractivity (Wildman–Crippen MR) is 101 cm³/mol. The topological polar surface area (TPSA) is 85.6 Å². The first kappa shape index (κ1) is 16.8. The van der Waals surface area contributed by atoms with Crippen LogP contribution in [0, 0.1) is 0 Å². The molecule has 0 bridgehead atoms. The molecule has 134 valence electrons. The molecular weight excluding hydrogens is 340 g/mol. The molecule has 0 unspecified atom stereocenters. The van der Waals surface area contributed by atoms with Crippen molar-refractivity contribution < 1.29 is 4.79 Å². The van der Waals surface area contributed by atoms with E-state index in [1.165, 1.54) is 0 Å². The van der Waals surface area contributed by atoms with Crippen molar-refractivity contribution in [2.24, 2.45) is 0 Å². The molecule has 0 radical (unpaired) electrons. The van der Waals surface area contributed by atoms with Gasteiger partial charge < -0.3 is 5.32 Å². The molecule has 3 aromatic heterocycles. The van der Waals surface area contributed by atoms with Gasteiger partial charge in [-0.25, -0.2) is 9.97 Å². The van der Waals surface area contributed by atoms with Crippen molar-refractivity contribution in [2.75, 3.05) is 0 Å². The van der Waals surface area contributed by atoms with Gasteiger partial charge in [-0.1, -0.05) is 18.2 Å². The molecule has 7 nitrogen and oxygen atoms in total. The summed E-state index contributed by atoms with van der Waals surface area (Å²) in [5.74, 6) is 0.728. The molecule has 1 aromatic carbocycles. The minimum atomic E-state index is -0.0362. The van der Waals surface area contributed by atoms with Gasteiger partial charge in [-0.3, -0.25) is 19.3 Å². The first-order chi connectivity index (χ1) is 13.3. The molecule has 0 aliphatic rings. The number of carbonyl (C=O) groups is 1. The molecule has 1 amide bonds. The predicted octanol–water partition coefficient (Wildman–Crippen LogP) is 2.46. The lowest BCUT2D eigenvalue weighted by atomic mass is 10.2. The maximum atomic E-state index is 12.2. The van der Waals surface area contributed by atoms with Gasteiger partial charge in [0, 0.05) is 43.3 Å². The van der Waals surface area contributed by atoms with Crippen molar-refractivity contribution >= 4 is 16.9 Å². The molecule has 0 saturated heterocycles. The molecular formula is C20H18N6O. The Morgan fingerprint density at radius 2 is 1.93 bits per heavy atom. The standard InChI is InChI=1S/C20H18N6O/c27-19(8-7-16-13-21-10-11-22-16)24-12-15-4-3-9-23-20(15)26-14-25-17-5-1-2-6-18(17)26/h1-6,9-11,13-14H,7-8,12H2,(H,24,27). The number of para-hydroxylation sites is 2. The summed E-state index contributed by atoms with van der Waals surface area (Å²) in [7, 11) is 0. The van der Waals surface area contributed by atoms with Crippen LogP contribution < -0.4 is 5.32 Å². The second-order valence-electron chi connectivity index (χ2n) is 6.06. The zero-order valence-corrected chi connectivity index (χ0v) is 14.6. The van der Waals surface area contributed by atoms with Crippen molar-refractivity contribution in [3.63, 3.8) is 0 Å². The molecule has 0 aliphatic heterocycles. The van der Waals surface area contributed by atoms with E-state index in [-0.39, 0.29) is 5.91 Å². The minimum Gasteiger partial charge on any atom is -0.352 e. The summed E-state index contributed by atoms with van der Waals surface area (Å²) in [6.07, 6.45) is 9.35. The van der Waals surface area contributed by atoms with E-state index in [9.17, 15) is 4.79 Å². The third-order valence-electron chi connectivity index (χ3n) is 4.25. The number of aryl methyl sites for hydroxylation is 1. The summed E-state index contributed by atoms with van der Waals surface area (Å²) in [6.45, 7) is 0.398. The fourth-order valence-corrected chi connectivity index (χ4v) is 2.90. The van der Waals surface area contributed by atoms with Crippen LogP contribution in [0.2, 0.25) is 0 Å². The van der Waals surface area contributed by atoms with E-state index in [1.54, 1.807) is 31.1 Å². The number of amides is 1. The molecule has 0 spiro atoms. The van der Waals surface area contributed by atoms with E-state index in [4.69, 9.17) is 0 Å². The lowest BCUT2D eigenvalue weighted by molar-refractivity contribution is -0.121. The fourth-order valence-electron chi connectivity index (χ4n) is 2.90. The summed E-state index contributed by atoms with van der Waals surface area (Å²) in [5.41, 5.74) is 3.61. The molecule has 0 fully saturated rings. The fraction of sp³-hybridized carbons (Fsp3) is 0.150. The molecule has 0 aliphatic carbocycles. The molecule has 3 heterocycles. The number of aromatic nitrogens is 5. The van der Waals surface area contributed by atoms with Crippen molar-refractivity contribution in [3.8, 4) is 5.82 Å². The second kappa shape index (κ2) is 7.74. The third-order valence-corrected chi connectivity index (χ3v) is 4.25. The van der Waals surface area contributed by atoms with E-state index in [0.717, 1.165) is 28.1 Å². The van der Waals surface area contributed by atoms with Gasteiger partial charge >= 0.3 is 0 Å². The van der Waals surface area contributed by atoms with Crippen LogP contribution in [0.25, 0.3) is 16.9 Å². The van der Waals surface area contributed by atoms with Gasteiger partial charge in [-0.05, 0) is 24.6 Å². The van der Waals surface area contributed by atoms with Crippen LogP contribution in [0.5, 0.6) is 0 Å². The van der Waals surface area contributed by atoms with Gasteiger partial charge in [0.1, 0.15) is 12.1 Å². The average molecular weight is 358 g/mol. The van der Waals surface area contributed by atoms with Gasteiger partial charge in [0.2, 0.25) is 5.91 Å². The van der Waals surface area contributed by atoms with E-state index < -0.39 is 0 Å². The number of pyridine rings is 1. The minimum absolute atomic E-state index is 0.0362. The number of hydrogen-bond acceptors (Lipinski definition) is 5. The summed E-state index contributed by atoms with van der Waals surface area (Å²) < 4.78 is 1.94. The Morgan fingerprint density at radius 1 is 1.00 bits per heavy atom. The van der Waals surface area contributed by atoms with Crippen LogP contribution in [-0.2, 0) is 17.8 Å². The zero-order valence-electron chi connectivity index (χ0n) is 14.6. The van der Waals surface area contributed by atoms with E-state index in [1.807, 2.05) is 41.0 Å². The van der Waals surface area contributed by atoms with Gasteiger partial charge in [0.25, 0.3) is 0 Å². The number of rotatable bonds is 6. The SMILES string of the molecule is O=C(CCc1cnccn1)NCc1cccnc1-n1cnc2ccccc21. The number of nitrogens with zero attached hydrogens (tertiary/aromatic N) is 5. The van der Waals surface area contributed by atoms with Crippen molar-refractivity contribution in [3.05, 3.63) is 78.8 Å². The quantitative estimate of drug-likeness (QED) is 0.572. The van der Waals surface area contributed by atoms with Gasteiger partial charge in [0.05, 0.1) is 16.7 Å². The number of imidazole rings is 1. The maximum Gasteiger partial charge on any atom is 0.220 e. The zero-order chi connectivity index (χ0) is 18.5. The summed E-state index contributed by atoms with van der Waals surface area (Å²) in [4.78, 5) is 29.3. The molecule has 1 N–H and O–H groups in total. The van der Waals surface area contributed by atoms with Crippen molar-refractivity contribution in [1.29, 1.82) is 0 Å². The summed E-state index contributed by atoms with van der Waals surface area (Å²) in [5, 5.41) is 2.96. The normalized spacial score (nSPS) is 10.8. The molecule has 4 aromatic rings. The van der Waals surface area contributed by atoms with E-state index in [0.29, 0.717) is 19.4 Å². The number of nitrogens with one attached hydrogen (secondary N) is 1. The molecule has 27 heavy (non-hydrogen) atoms. The maximum absolute atomic E-state index is 12.2. The van der Waals surface area contributed by atoms with Gasteiger partial charge in [0.15, 0.2) is 0 Å². The Kier molecular flexibility index (Phi) is 4.82. The Morgan fingerprint density at radius 3 is 2.81 bits per heavy atom. The Bertz CT molecular complexity index is 1060. The van der Waals surface area contributed by atoms with Crippen LogP contribution in [0.3, 0.4) is 0 Å². The van der Waals surface area contributed by atoms with Crippen molar-refractivity contribution in [2.45, 2.75) is 19.4 Å². The molecule has 0 saturated carbocycles. The first-order valence-corrected chi connectivity index (χ1v) is 8.69. The number of hydrogen-bond donors (Lipinski definition) is 1. The van der Waals surface area contributed by atoms with Crippen LogP contribution in [-0.4, -0.2) is 30.4 Å². The first-order valence-electron chi connectivity index (χ1n) is 8.69. The lowest BCUT2D eigenvalue weighted by Gasteiger charge is -2.11. The summed E-state index contributed by atoms with van der Waals surface area (Å²) in [6, 6.07) is 11.7. The van der Waals surface area contributed by atoms with E-state index in [2.05, 4.69) is 25.3 Å². The third kappa shape index (κ3) is 3.82. The monoisotopic (exact) mass is 358 g/mol. The summed E-state index contributed by atoms with van der Waals surface area (Å²) >= 11 is 0. The highest BCUT2D eigenvalue weighted by molar-refractivity contribution is 5.78. The number of carbonyl (C=O) groups excluding carboxylic acids is 1. The highest BCUT2D eigenvalue weighted by Crippen LogP contribution is 2.19. The van der Waals surface area contributed by atoms with Crippen LogP contribution >= 0.6 is 0 Å². The van der Waals surface area contributed by atoms with Gasteiger partial charge in [-0.15, -0.1) is 0 Å². The Labute approximate surface area is 156 Å². The molecule has 7 heteroatoms. The largest absolute Gasteiger partial charge is 0.352 e. The lowest BCUT2D eigenvalue weighted by Crippen LogP contribution is -2.24. The van der Waals surface area contributed by atoms with Crippen LogP contribution in [0.15, 0.2) is 67.5 Å². The Hall–Kier alpha value is -3.61.